The highest BCUT2D eigenvalue weighted by Gasteiger charge is 2.47. The summed E-state index contributed by atoms with van der Waals surface area (Å²) in [6, 6.07) is 14.9. The average Bonchev–Trinajstić information content (AvgIpc) is 3.11. The first-order valence-electron chi connectivity index (χ1n) is 11.5. The molecule has 3 aromatic rings. The van der Waals surface area contributed by atoms with E-state index in [0.29, 0.717) is 29.2 Å². The quantitative estimate of drug-likeness (QED) is 0.257. The van der Waals surface area contributed by atoms with Gasteiger partial charge in [0, 0.05) is 17.3 Å². The number of anilines is 1. The van der Waals surface area contributed by atoms with Gasteiger partial charge in [-0.1, -0.05) is 12.1 Å². The molecule has 1 aliphatic heterocycles. The van der Waals surface area contributed by atoms with E-state index >= 15 is 0 Å². The molecule has 186 valence electrons. The number of ether oxygens (including phenoxy) is 2. The molecule has 0 saturated carbocycles. The van der Waals surface area contributed by atoms with Crippen LogP contribution in [0.2, 0.25) is 0 Å². The number of halogens is 2. The molecule has 1 atom stereocenters. The first-order chi connectivity index (χ1) is 17.2. The number of benzene rings is 3. The molecule has 1 amide bonds. The van der Waals surface area contributed by atoms with Crippen LogP contribution in [0.25, 0.3) is 5.76 Å². The molecule has 0 aliphatic carbocycles. The van der Waals surface area contributed by atoms with Crippen molar-refractivity contribution in [3.63, 3.8) is 0 Å². The largest absolute Gasteiger partial charge is 0.507 e. The zero-order valence-electron chi connectivity index (χ0n) is 20.0. The number of Topliss-reactive ketones (excluding diaryl/α,β-unsaturated/α-hetero) is 1. The van der Waals surface area contributed by atoms with Crippen molar-refractivity contribution in [2.45, 2.75) is 32.9 Å². The van der Waals surface area contributed by atoms with Gasteiger partial charge in [-0.15, -0.1) is 0 Å². The third-order valence-corrected chi connectivity index (χ3v) is 5.63. The second kappa shape index (κ2) is 10.2. The van der Waals surface area contributed by atoms with Crippen LogP contribution < -0.4 is 14.4 Å². The van der Waals surface area contributed by atoms with Gasteiger partial charge in [0.1, 0.15) is 17.3 Å². The lowest BCUT2D eigenvalue weighted by Crippen LogP contribution is -2.29. The Morgan fingerprint density at radius 2 is 1.58 bits per heavy atom. The Bertz CT molecular complexity index is 1320. The fraction of sp³-hybridized carbons (Fsp3) is 0.214. The molecule has 3 aromatic carbocycles. The molecule has 4 rings (SSSR count). The SMILES string of the molecule is CCOc1ccc(C2/C(=C(\O)c3ccc(OC(C)C)cc3)C(=O)C(=O)N2c2ccc(F)c(F)c2)cc1. The normalized spacial score (nSPS) is 17.1. The van der Waals surface area contributed by atoms with Gasteiger partial charge in [0.05, 0.1) is 24.3 Å². The van der Waals surface area contributed by atoms with E-state index in [9.17, 15) is 23.5 Å². The topological polar surface area (TPSA) is 76.1 Å². The number of carbonyl (C=O) groups is 2. The Labute approximate surface area is 207 Å². The smallest absolute Gasteiger partial charge is 0.300 e. The molecule has 1 fully saturated rings. The minimum absolute atomic E-state index is 0.0189. The van der Waals surface area contributed by atoms with Gasteiger partial charge in [-0.25, -0.2) is 8.78 Å². The zero-order valence-corrected chi connectivity index (χ0v) is 20.0. The van der Waals surface area contributed by atoms with Crippen molar-refractivity contribution in [2.24, 2.45) is 0 Å². The second-order valence-corrected chi connectivity index (χ2v) is 8.46. The molecule has 1 heterocycles. The van der Waals surface area contributed by atoms with E-state index in [0.717, 1.165) is 17.0 Å². The molecule has 0 radical (unpaired) electrons. The summed E-state index contributed by atoms with van der Waals surface area (Å²) < 4.78 is 38.8. The fourth-order valence-corrected chi connectivity index (χ4v) is 4.08. The summed E-state index contributed by atoms with van der Waals surface area (Å²) in [5.74, 6) is -3.41. The van der Waals surface area contributed by atoms with E-state index in [4.69, 9.17) is 9.47 Å². The second-order valence-electron chi connectivity index (χ2n) is 8.46. The molecule has 0 spiro atoms. The Hall–Kier alpha value is -4.20. The molecular formula is C28H25F2NO5. The third-order valence-electron chi connectivity index (χ3n) is 5.63. The molecule has 1 unspecified atom stereocenters. The highest BCUT2D eigenvalue weighted by Crippen LogP contribution is 2.42. The minimum Gasteiger partial charge on any atom is -0.507 e. The van der Waals surface area contributed by atoms with E-state index in [-0.39, 0.29) is 17.4 Å². The predicted octanol–water partition coefficient (Wildman–Crippen LogP) is 5.78. The van der Waals surface area contributed by atoms with Crippen molar-refractivity contribution in [1.29, 1.82) is 0 Å². The van der Waals surface area contributed by atoms with Crippen LogP contribution in [0.3, 0.4) is 0 Å². The van der Waals surface area contributed by atoms with Gasteiger partial charge in [-0.05, 0) is 74.9 Å². The first kappa shape index (κ1) is 24.9. The highest BCUT2D eigenvalue weighted by molar-refractivity contribution is 6.51. The Balaban J connectivity index is 1.86. The molecular weight excluding hydrogens is 468 g/mol. The van der Waals surface area contributed by atoms with E-state index in [1.807, 2.05) is 20.8 Å². The van der Waals surface area contributed by atoms with Crippen molar-refractivity contribution < 1.29 is 33.0 Å². The minimum atomic E-state index is -1.17. The van der Waals surface area contributed by atoms with Crippen LogP contribution in [0.1, 0.15) is 37.9 Å². The summed E-state index contributed by atoms with van der Waals surface area (Å²) in [6.45, 7) is 6.04. The van der Waals surface area contributed by atoms with Gasteiger partial charge < -0.3 is 14.6 Å². The van der Waals surface area contributed by atoms with Gasteiger partial charge >= 0.3 is 0 Å². The number of hydrogen-bond donors (Lipinski definition) is 1. The van der Waals surface area contributed by atoms with E-state index in [2.05, 4.69) is 0 Å². The summed E-state index contributed by atoms with van der Waals surface area (Å²) >= 11 is 0. The lowest BCUT2D eigenvalue weighted by Gasteiger charge is -2.25. The number of amides is 1. The van der Waals surface area contributed by atoms with Gasteiger partial charge in [0.15, 0.2) is 11.6 Å². The van der Waals surface area contributed by atoms with Crippen LogP contribution in [-0.4, -0.2) is 29.5 Å². The number of aliphatic hydroxyl groups excluding tert-OH is 1. The lowest BCUT2D eigenvalue weighted by atomic mass is 9.95. The van der Waals surface area contributed by atoms with E-state index in [1.165, 1.54) is 6.07 Å². The molecule has 0 bridgehead atoms. The lowest BCUT2D eigenvalue weighted by molar-refractivity contribution is -0.132. The van der Waals surface area contributed by atoms with Gasteiger partial charge in [0.2, 0.25) is 0 Å². The average molecular weight is 494 g/mol. The van der Waals surface area contributed by atoms with Gasteiger partial charge in [-0.3, -0.25) is 14.5 Å². The van der Waals surface area contributed by atoms with Gasteiger partial charge in [0.25, 0.3) is 11.7 Å². The molecule has 36 heavy (non-hydrogen) atoms. The maximum Gasteiger partial charge on any atom is 0.300 e. The molecule has 1 aliphatic rings. The summed E-state index contributed by atoms with van der Waals surface area (Å²) in [6.07, 6.45) is -0.0504. The fourth-order valence-electron chi connectivity index (χ4n) is 4.08. The molecule has 0 aromatic heterocycles. The van der Waals surface area contributed by atoms with Crippen LogP contribution >= 0.6 is 0 Å². The predicted molar refractivity (Wildman–Crippen MR) is 131 cm³/mol. The summed E-state index contributed by atoms with van der Waals surface area (Å²) in [7, 11) is 0. The van der Waals surface area contributed by atoms with Crippen LogP contribution in [-0.2, 0) is 9.59 Å². The third kappa shape index (κ3) is 4.79. The van der Waals surface area contributed by atoms with Crippen molar-refractivity contribution >= 4 is 23.1 Å². The number of hydrogen-bond acceptors (Lipinski definition) is 5. The monoisotopic (exact) mass is 493 g/mol. The van der Waals surface area contributed by atoms with Crippen LogP contribution in [0.5, 0.6) is 11.5 Å². The highest BCUT2D eigenvalue weighted by atomic mass is 19.2. The number of ketones is 1. The van der Waals surface area contributed by atoms with Gasteiger partial charge in [-0.2, -0.15) is 0 Å². The van der Waals surface area contributed by atoms with Crippen molar-refractivity contribution in [2.75, 3.05) is 11.5 Å². The zero-order chi connectivity index (χ0) is 26.0. The standard InChI is InChI=1S/C28H25F2NO5/c1-4-35-20-10-5-17(6-11-20)25-24(26(32)18-7-12-21(13-8-18)36-16(2)3)27(33)28(34)31(25)19-9-14-22(29)23(30)15-19/h5-16,25,32H,4H2,1-3H3/b26-24+. The number of nitrogens with zero attached hydrogens (tertiary/aromatic N) is 1. The van der Waals surface area contributed by atoms with Crippen LogP contribution in [0, 0.1) is 11.6 Å². The Morgan fingerprint density at radius 3 is 2.17 bits per heavy atom. The van der Waals surface area contributed by atoms with Crippen LogP contribution in [0.15, 0.2) is 72.3 Å². The molecule has 1 N–H and O–H groups in total. The van der Waals surface area contributed by atoms with E-state index in [1.54, 1.807) is 48.5 Å². The molecule has 1 saturated heterocycles. The number of carbonyl (C=O) groups excluding carboxylic acids is 2. The van der Waals surface area contributed by atoms with Crippen molar-refractivity contribution in [3.05, 3.63) is 95.1 Å². The number of aliphatic hydroxyl groups is 1. The number of rotatable bonds is 7. The van der Waals surface area contributed by atoms with Crippen molar-refractivity contribution in [1.82, 2.24) is 0 Å². The molecule has 8 heteroatoms. The van der Waals surface area contributed by atoms with Crippen molar-refractivity contribution in [3.8, 4) is 11.5 Å². The summed E-state index contributed by atoms with van der Waals surface area (Å²) in [4.78, 5) is 27.4. The maximum atomic E-state index is 14.1. The van der Waals surface area contributed by atoms with Crippen LogP contribution in [0.4, 0.5) is 14.5 Å². The first-order valence-corrected chi connectivity index (χ1v) is 11.5. The Morgan fingerprint density at radius 1 is 0.944 bits per heavy atom. The molecule has 6 nitrogen and oxygen atoms in total. The summed E-state index contributed by atoms with van der Waals surface area (Å²) in [5, 5.41) is 11.2. The van der Waals surface area contributed by atoms with E-state index < -0.39 is 35.1 Å². The maximum absolute atomic E-state index is 14.1. The Kier molecular flexibility index (Phi) is 7.05. The summed E-state index contributed by atoms with van der Waals surface area (Å²) in [5.41, 5.74) is 0.579.